The normalized spacial score (nSPS) is 26.9. The van der Waals surface area contributed by atoms with Gasteiger partial charge in [-0.1, -0.05) is 12.1 Å². The van der Waals surface area contributed by atoms with E-state index in [1.54, 1.807) is 7.11 Å². The Kier molecular flexibility index (Phi) is 3.42. The van der Waals surface area contributed by atoms with Gasteiger partial charge in [-0.05, 0) is 30.5 Å². The smallest absolute Gasteiger partial charge is 0.220 e. The van der Waals surface area contributed by atoms with Gasteiger partial charge < -0.3 is 10.1 Å². The van der Waals surface area contributed by atoms with E-state index >= 15 is 0 Å². The fourth-order valence-corrected chi connectivity index (χ4v) is 3.19. The number of nitrogens with one attached hydrogen (secondary N) is 1. The largest absolute Gasteiger partial charge is 0.497 e. The summed E-state index contributed by atoms with van der Waals surface area (Å²) in [4.78, 5) is 13.9. The van der Waals surface area contributed by atoms with Crippen molar-refractivity contribution in [3.05, 3.63) is 29.8 Å². The molecule has 2 atom stereocenters. The lowest BCUT2D eigenvalue weighted by atomic mass is 9.99. The standard InChI is InChI=1S/C15H20N2O2/c1-19-12-4-2-11(3-5-12)10-17-9-8-13-14(17)6-7-15(18)16-13/h2-5,13-14H,6-10H2,1H3,(H,16,18)/t13-,14+/m1/s1. The maximum Gasteiger partial charge on any atom is 0.220 e. The van der Waals surface area contributed by atoms with E-state index in [0.29, 0.717) is 18.5 Å². The molecule has 0 radical (unpaired) electrons. The van der Waals surface area contributed by atoms with Gasteiger partial charge in [0, 0.05) is 31.6 Å². The Morgan fingerprint density at radius 2 is 2.11 bits per heavy atom. The third kappa shape index (κ3) is 2.59. The molecule has 1 N–H and O–H groups in total. The highest BCUT2D eigenvalue weighted by Crippen LogP contribution is 2.27. The van der Waals surface area contributed by atoms with E-state index in [4.69, 9.17) is 4.74 Å². The predicted molar refractivity (Wildman–Crippen MR) is 73.0 cm³/mol. The van der Waals surface area contributed by atoms with Crippen molar-refractivity contribution >= 4 is 5.91 Å². The minimum atomic E-state index is 0.215. The van der Waals surface area contributed by atoms with Gasteiger partial charge in [0.1, 0.15) is 5.75 Å². The number of rotatable bonds is 3. The number of nitrogens with zero attached hydrogens (tertiary/aromatic N) is 1. The summed E-state index contributed by atoms with van der Waals surface area (Å²) in [6, 6.07) is 9.12. The van der Waals surface area contributed by atoms with Crippen LogP contribution >= 0.6 is 0 Å². The highest BCUT2D eigenvalue weighted by Gasteiger charge is 2.37. The second-order valence-electron chi connectivity index (χ2n) is 5.39. The first-order valence-corrected chi connectivity index (χ1v) is 6.92. The number of methoxy groups -OCH3 is 1. The van der Waals surface area contributed by atoms with E-state index in [-0.39, 0.29) is 5.91 Å². The van der Waals surface area contributed by atoms with Gasteiger partial charge in [0.15, 0.2) is 0 Å². The lowest BCUT2D eigenvalue weighted by Gasteiger charge is -2.32. The van der Waals surface area contributed by atoms with Crippen molar-refractivity contribution in [3.8, 4) is 5.75 Å². The minimum absolute atomic E-state index is 0.215. The van der Waals surface area contributed by atoms with E-state index in [1.807, 2.05) is 12.1 Å². The number of piperidine rings is 1. The molecule has 3 rings (SSSR count). The third-order valence-electron chi connectivity index (χ3n) is 4.22. The average molecular weight is 260 g/mol. The molecule has 2 aliphatic heterocycles. The second kappa shape index (κ2) is 5.21. The molecular formula is C15H20N2O2. The van der Waals surface area contributed by atoms with Crippen molar-refractivity contribution in [1.29, 1.82) is 0 Å². The van der Waals surface area contributed by atoms with Gasteiger partial charge in [0.05, 0.1) is 7.11 Å². The number of carbonyl (C=O) groups is 1. The molecular weight excluding hydrogens is 240 g/mol. The van der Waals surface area contributed by atoms with Gasteiger partial charge >= 0.3 is 0 Å². The SMILES string of the molecule is COc1ccc(CN2CC[C@H]3NC(=O)CC[C@@H]32)cc1. The summed E-state index contributed by atoms with van der Waals surface area (Å²) in [5, 5.41) is 3.11. The van der Waals surface area contributed by atoms with Gasteiger partial charge in [-0.15, -0.1) is 0 Å². The van der Waals surface area contributed by atoms with Crippen molar-refractivity contribution in [2.24, 2.45) is 0 Å². The molecule has 2 aliphatic rings. The van der Waals surface area contributed by atoms with Gasteiger partial charge in [-0.3, -0.25) is 9.69 Å². The van der Waals surface area contributed by atoms with Crippen LogP contribution in [-0.2, 0) is 11.3 Å². The van der Waals surface area contributed by atoms with Crippen LogP contribution in [0.3, 0.4) is 0 Å². The fourth-order valence-electron chi connectivity index (χ4n) is 3.19. The number of ether oxygens (including phenoxy) is 1. The van der Waals surface area contributed by atoms with Crippen LogP contribution in [0.25, 0.3) is 0 Å². The van der Waals surface area contributed by atoms with Crippen LogP contribution < -0.4 is 10.1 Å². The molecule has 0 bridgehead atoms. The summed E-state index contributed by atoms with van der Waals surface area (Å²) >= 11 is 0. The maximum atomic E-state index is 11.4. The topological polar surface area (TPSA) is 41.6 Å². The van der Waals surface area contributed by atoms with Crippen LogP contribution in [0.4, 0.5) is 0 Å². The van der Waals surface area contributed by atoms with Gasteiger partial charge in [-0.2, -0.15) is 0 Å². The number of likely N-dealkylation sites (tertiary alicyclic amines) is 1. The minimum Gasteiger partial charge on any atom is -0.497 e. The molecule has 19 heavy (non-hydrogen) atoms. The Labute approximate surface area is 113 Å². The number of hydrogen-bond acceptors (Lipinski definition) is 3. The van der Waals surface area contributed by atoms with Crippen LogP contribution in [0.2, 0.25) is 0 Å². The summed E-state index contributed by atoms with van der Waals surface area (Å²) in [5.74, 6) is 1.11. The summed E-state index contributed by atoms with van der Waals surface area (Å²) in [6.07, 6.45) is 2.74. The zero-order valence-electron chi connectivity index (χ0n) is 11.3. The number of carbonyl (C=O) groups excluding carboxylic acids is 1. The Balaban J connectivity index is 1.65. The molecule has 0 aromatic heterocycles. The molecule has 2 fully saturated rings. The molecule has 0 saturated carbocycles. The Bertz CT molecular complexity index is 458. The van der Waals surface area contributed by atoms with Crippen molar-refractivity contribution in [2.45, 2.75) is 37.9 Å². The van der Waals surface area contributed by atoms with Crippen LogP contribution in [-0.4, -0.2) is 36.5 Å². The fraction of sp³-hybridized carbons (Fsp3) is 0.533. The van der Waals surface area contributed by atoms with Gasteiger partial charge in [0.2, 0.25) is 5.91 Å². The van der Waals surface area contributed by atoms with Crippen LogP contribution in [0.1, 0.15) is 24.8 Å². The summed E-state index contributed by atoms with van der Waals surface area (Å²) in [7, 11) is 1.69. The Morgan fingerprint density at radius 3 is 2.84 bits per heavy atom. The first kappa shape index (κ1) is 12.5. The van der Waals surface area contributed by atoms with Crippen molar-refractivity contribution < 1.29 is 9.53 Å². The van der Waals surface area contributed by atoms with E-state index in [0.717, 1.165) is 31.7 Å². The number of hydrogen-bond donors (Lipinski definition) is 1. The summed E-state index contributed by atoms with van der Waals surface area (Å²) in [6.45, 7) is 2.03. The molecule has 4 heteroatoms. The maximum absolute atomic E-state index is 11.4. The monoisotopic (exact) mass is 260 g/mol. The van der Waals surface area contributed by atoms with E-state index < -0.39 is 0 Å². The summed E-state index contributed by atoms with van der Waals surface area (Å²) < 4.78 is 5.18. The lowest BCUT2D eigenvalue weighted by Crippen LogP contribution is -2.49. The zero-order valence-corrected chi connectivity index (χ0v) is 11.3. The van der Waals surface area contributed by atoms with Crippen molar-refractivity contribution in [3.63, 3.8) is 0 Å². The first-order valence-electron chi connectivity index (χ1n) is 6.92. The lowest BCUT2D eigenvalue weighted by molar-refractivity contribution is -0.124. The molecule has 1 amide bonds. The highest BCUT2D eigenvalue weighted by atomic mass is 16.5. The number of fused-ring (bicyclic) bond motifs is 1. The number of benzene rings is 1. The molecule has 0 spiro atoms. The van der Waals surface area contributed by atoms with E-state index in [2.05, 4.69) is 22.3 Å². The molecule has 1 aromatic rings. The molecule has 1 aromatic carbocycles. The highest BCUT2D eigenvalue weighted by molar-refractivity contribution is 5.77. The van der Waals surface area contributed by atoms with E-state index in [1.165, 1.54) is 5.56 Å². The Hall–Kier alpha value is -1.55. The first-order chi connectivity index (χ1) is 9.26. The predicted octanol–water partition coefficient (Wildman–Crippen LogP) is 1.55. The molecule has 2 saturated heterocycles. The third-order valence-corrected chi connectivity index (χ3v) is 4.22. The quantitative estimate of drug-likeness (QED) is 0.896. The van der Waals surface area contributed by atoms with Crippen molar-refractivity contribution in [2.75, 3.05) is 13.7 Å². The second-order valence-corrected chi connectivity index (χ2v) is 5.39. The van der Waals surface area contributed by atoms with Gasteiger partial charge in [-0.25, -0.2) is 0 Å². The summed E-state index contributed by atoms with van der Waals surface area (Å²) in [5.41, 5.74) is 1.30. The molecule has 0 aliphatic carbocycles. The van der Waals surface area contributed by atoms with Gasteiger partial charge in [0.25, 0.3) is 0 Å². The van der Waals surface area contributed by atoms with Crippen molar-refractivity contribution in [1.82, 2.24) is 10.2 Å². The van der Waals surface area contributed by atoms with Crippen LogP contribution in [0.15, 0.2) is 24.3 Å². The van der Waals surface area contributed by atoms with Crippen LogP contribution in [0.5, 0.6) is 5.75 Å². The average Bonchev–Trinajstić information content (AvgIpc) is 2.82. The molecule has 102 valence electrons. The number of amides is 1. The van der Waals surface area contributed by atoms with Crippen LogP contribution in [0, 0.1) is 0 Å². The van der Waals surface area contributed by atoms with E-state index in [9.17, 15) is 4.79 Å². The molecule has 4 nitrogen and oxygen atoms in total. The molecule has 2 heterocycles. The zero-order chi connectivity index (χ0) is 13.2. The molecule has 0 unspecified atom stereocenters. The Morgan fingerprint density at radius 1 is 1.32 bits per heavy atom.